The molecular weight excluding hydrogens is 207 g/mol. The second-order valence-corrected chi connectivity index (χ2v) is 4.13. The van der Waals surface area contributed by atoms with Crippen LogP contribution in [0.2, 0.25) is 0 Å². The Labute approximate surface area is 83.7 Å². The van der Waals surface area contributed by atoms with E-state index < -0.39 is 13.8 Å². The van der Waals surface area contributed by atoms with E-state index in [1.165, 1.54) is 0 Å². The van der Waals surface area contributed by atoms with Crippen molar-refractivity contribution in [2.24, 2.45) is 0 Å². The van der Waals surface area contributed by atoms with Crippen LogP contribution in [0.25, 0.3) is 0 Å². The number of phosphoric ester groups is 1. The third kappa shape index (κ3) is 5.17. The summed E-state index contributed by atoms with van der Waals surface area (Å²) in [6, 6.07) is 0. The Kier molecular flexibility index (Phi) is 6.45. The van der Waals surface area contributed by atoms with Crippen LogP contribution in [0.3, 0.4) is 0 Å². The highest BCUT2D eigenvalue weighted by molar-refractivity contribution is 7.49. The maximum atomic E-state index is 11.5. The summed E-state index contributed by atoms with van der Waals surface area (Å²) < 4.78 is 25.3. The number of carbonyl (C=O) groups is 1. The van der Waals surface area contributed by atoms with Crippen molar-refractivity contribution in [1.29, 1.82) is 0 Å². The van der Waals surface area contributed by atoms with Gasteiger partial charge in [0.05, 0.1) is 6.61 Å². The Bertz CT molecular complexity index is 238. The van der Waals surface area contributed by atoms with Gasteiger partial charge in [-0.15, -0.1) is 0 Å². The maximum Gasteiger partial charge on any atom is 0.532 e. The first-order valence-electron chi connectivity index (χ1n) is 4.24. The fourth-order valence-corrected chi connectivity index (χ4v) is 1.46. The lowest BCUT2D eigenvalue weighted by Gasteiger charge is -2.13. The molecule has 0 aromatic rings. The summed E-state index contributed by atoms with van der Waals surface area (Å²) in [7, 11) is -2.57. The predicted octanol–water partition coefficient (Wildman–Crippen LogP) is 2.29. The molecule has 0 bridgehead atoms. The second-order valence-electron chi connectivity index (χ2n) is 2.43. The summed E-state index contributed by atoms with van der Waals surface area (Å²) in [6.07, 6.45) is 2.51. The van der Waals surface area contributed by atoms with Gasteiger partial charge >= 0.3 is 13.8 Å². The Morgan fingerprint density at radius 3 is 2.64 bits per heavy atom. The van der Waals surface area contributed by atoms with Gasteiger partial charge in [0.2, 0.25) is 0 Å². The zero-order valence-corrected chi connectivity index (χ0v) is 9.29. The summed E-state index contributed by atoms with van der Waals surface area (Å²) in [6.45, 7) is 5.35. The minimum Gasteiger partial charge on any atom is -0.367 e. The lowest BCUT2D eigenvalue weighted by Crippen LogP contribution is -2.03. The molecule has 0 aliphatic heterocycles. The lowest BCUT2D eigenvalue weighted by molar-refractivity contribution is -0.130. The molecule has 1 unspecified atom stereocenters. The van der Waals surface area contributed by atoms with Crippen LogP contribution >= 0.6 is 7.82 Å². The summed E-state index contributed by atoms with van der Waals surface area (Å²) in [4.78, 5) is 10.7. The number of hydrogen-bond acceptors (Lipinski definition) is 5. The van der Waals surface area contributed by atoms with Crippen LogP contribution in [0.5, 0.6) is 0 Å². The molecule has 82 valence electrons. The van der Waals surface area contributed by atoms with Crippen LogP contribution in [0.15, 0.2) is 12.7 Å². The van der Waals surface area contributed by atoms with Crippen molar-refractivity contribution >= 4 is 13.8 Å². The van der Waals surface area contributed by atoms with Crippen molar-refractivity contribution in [1.82, 2.24) is 0 Å². The molecular formula is C8H15O5P. The van der Waals surface area contributed by atoms with E-state index in [2.05, 4.69) is 15.6 Å². The number of rotatable bonds is 7. The van der Waals surface area contributed by atoms with Gasteiger partial charge < -0.3 is 4.52 Å². The molecule has 0 fully saturated rings. The third-order valence-corrected chi connectivity index (χ3v) is 2.69. The average molecular weight is 222 g/mol. The molecule has 5 nitrogen and oxygen atoms in total. The fourth-order valence-electron chi connectivity index (χ4n) is 0.584. The molecule has 0 heterocycles. The predicted molar refractivity (Wildman–Crippen MR) is 51.8 cm³/mol. The van der Waals surface area contributed by atoms with Crippen LogP contribution in [0.4, 0.5) is 0 Å². The average Bonchev–Trinajstić information content (AvgIpc) is 2.18. The molecule has 14 heavy (non-hydrogen) atoms. The monoisotopic (exact) mass is 222 g/mol. The largest absolute Gasteiger partial charge is 0.532 e. The molecule has 0 aliphatic rings. The van der Waals surface area contributed by atoms with Crippen molar-refractivity contribution < 1.29 is 22.9 Å². The quantitative estimate of drug-likeness (QED) is 0.375. The summed E-state index contributed by atoms with van der Waals surface area (Å²) in [5.74, 6) is -0.827. The van der Waals surface area contributed by atoms with Crippen molar-refractivity contribution in [2.75, 3.05) is 13.7 Å². The molecule has 6 heteroatoms. The van der Waals surface area contributed by atoms with E-state index in [-0.39, 0.29) is 6.61 Å². The molecule has 0 aliphatic carbocycles. The number of hydrogen-bond donors (Lipinski definition) is 0. The van der Waals surface area contributed by atoms with E-state index in [1.54, 1.807) is 0 Å². The molecule has 0 spiro atoms. The Morgan fingerprint density at radius 2 is 2.21 bits per heavy atom. The van der Waals surface area contributed by atoms with Gasteiger partial charge in [0.1, 0.15) is 0 Å². The van der Waals surface area contributed by atoms with Crippen molar-refractivity contribution in [3.8, 4) is 0 Å². The minimum atomic E-state index is -3.72. The van der Waals surface area contributed by atoms with Gasteiger partial charge in [0.25, 0.3) is 0 Å². The van der Waals surface area contributed by atoms with Gasteiger partial charge in [0.15, 0.2) is 0 Å². The minimum absolute atomic E-state index is 0.228. The summed E-state index contributed by atoms with van der Waals surface area (Å²) >= 11 is 0. The molecule has 0 aromatic heterocycles. The van der Waals surface area contributed by atoms with Crippen LogP contribution in [0, 0.1) is 0 Å². The SMILES string of the molecule is C=CC(=O)OP(=O)(OC)OCCCC. The topological polar surface area (TPSA) is 61.8 Å². The lowest BCUT2D eigenvalue weighted by atomic mass is 10.4. The van der Waals surface area contributed by atoms with Crippen molar-refractivity contribution in [2.45, 2.75) is 19.8 Å². The highest BCUT2D eigenvalue weighted by atomic mass is 31.2. The smallest absolute Gasteiger partial charge is 0.367 e. The molecule has 0 rings (SSSR count). The first-order chi connectivity index (χ1) is 6.58. The third-order valence-electron chi connectivity index (χ3n) is 1.34. The Balaban J connectivity index is 4.11. The van der Waals surface area contributed by atoms with Crippen molar-refractivity contribution in [3.63, 3.8) is 0 Å². The van der Waals surface area contributed by atoms with Gasteiger partial charge in [-0.1, -0.05) is 19.9 Å². The van der Waals surface area contributed by atoms with E-state index >= 15 is 0 Å². The molecule has 0 saturated carbocycles. The van der Waals surface area contributed by atoms with Gasteiger partial charge in [-0.3, -0.25) is 9.05 Å². The number of phosphoric acid groups is 1. The first kappa shape index (κ1) is 13.4. The maximum absolute atomic E-state index is 11.5. The van der Waals surface area contributed by atoms with Crippen LogP contribution in [0.1, 0.15) is 19.8 Å². The van der Waals surface area contributed by atoms with Crippen LogP contribution in [-0.2, 0) is 22.9 Å². The van der Waals surface area contributed by atoms with Gasteiger partial charge in [-0.2, -0.15) is 0 Å². The number of unbranched alkanes of at least 4 members (excludes halogenated alkanes) is 1. The summed E-state index contributed by atoms with van der Waals surface area (Å²) in [5.41, 5.74) is 0. The van der Waals surface area contributed by atoms with Crippen LogP contribution in [-0.4, -0.2) is 19.7 Å². The zero-order valence-electron chi connectivity index (χ0n) is 8.39. The summed E-state index contributed by atoms with van der Waals surface area (Å²) in [5, 5.41) is 0. The molecule has 0 radical (unpaired) electrons. The normalized spacial score (nSPS) is 14.4. The van der Waals surface area contributed by atoms with E-state index in [4.69, 9.17) is 4.52 Å². The van der Waals surface area contributed by atoms with E-state index in [0.717, 1.165) is 26.0 Å². The molecule has 0 aromatic carbocycles. The van der Waals surface area contributed by atoms with Gasteiger partial charge in [-0.25, -0.2) is 9.36 Å². The fraction of sp³-hybridized carbons (Fsp3) is 0.625. The molecule has 0 amide bonds. The number of carbonyl (C=O) groups excluding carboxylic acids is 1. The first-order valence-corrected chi connectivity index (χ1v) is 5.70. The Morgan fingerprint density at radius 1 is 1.57 bits per heavy atom. The Hall–Kier alpha value is -0.640. The van der Waals surface area contributed by atoms with Crippen molar-refractivity contribution in [3.05, 3.63) is 12.7 Å². The molecule has 0 N–H and O–H groups in total. The van der Waals surface area contributed by atoms with E-state index in [0.29, 0.717) is 0 Å². The van der Waals surface area contributed by atoms with Gasteiger partial charge in [0, 0.05) is 13.2 Å². The molecule has 0 saturated heterocycles. The highest BCUT2D eigenvalue weighted by Crippen LogP contribution is 2.48. The van der Waals surface area contributed by atoms with Crippen LogP contribution < -0.4 is 0 Å². The van der Waals surface area contributed by atoms with E-state index in [1.807, 2.05) is 6.92 Å². The van der Waals surface area contributed by atoms with E-state index in [9.17, 15) is 9.36 Å². The standard InChI is InChI=1S/C8H15O5P/c1-4-6-7-12-14(10,11-3)13-8(9)5-2/h5H,2,4,6-7H2,1,3H3. The van der Waals surface area contributed by atoms with Gasteiger partial charge in [-0.05, 0) is 6.42 Å². The molecule has 1 atom stereocenters. The second kappa shape index (κ2) is 6.76. The zero-order chi connectivity index (χ0) is 11.0. The highest BCUT2D eigenvalue weighted by Gasteiger charge is 2.28.